The maximum absolute atomic E-state index is 13.0. The van der Waals surface area contributed by atoms with Gasteiger partial charge in [-0.3, -0.25) is 0 Å². The first-order chi connectivity index (χ1) is 9.97. The van der Waals surface area contributed by atoms with E-state index in [1.807, 2.05) is 0 Å². The van der Waals surface area contributed by atoms with Gasteiger partial charge in [0.25, 0.3) is 0 Å². The Morgan fingerprint density at radius 3 is 2.67 bits per heavy atom. The van der Waals surface area contributed by atoms with Gasteiger partial charge in [0.2, 0.25) is 0 Å². The third kappa shape index (κ3) is 3.93. The van der Waals surface area contributed by atoms with Crippen LogP contribution in [0.1, 0.15) is 10.9 Å². The Balaban J connectivity index is 2.06. The van der Waals surface area contributed by atoms with Crippen LogP contribution < -0.4 is 10.6 Å². The van der Waals surface area contributed by atoms with Crippen molar-refractivity contribution in [2.45, 2.75) is 6.04 Å². The SMILES string of the molecule is O=C(Nc1ccc(F)c(Cl)c1)NC(C(=O)O)c1cccs1. The van der Waals surface area contributed by atoms with Gasteiger partial charge in [-0.05, 0) is 29.6 Å². The number of carboxylic acid groups (broad SMARTS) is 1. The summed E-state index contributed by atoms with van der Waals surface area (Å²) in [6.45, 7) is 0. The van der Waals surface area contributed by atoms with Crippen LogP contribution >= 0.6 is 22.9 Å². The van der Waals surface area contributed by atoms with E-state index >= 15 is 0 Å². The monoisotopic (exact) mass is 328 g/mol. The fourth-order valence-electron chi connectivity index (χ4n) is 1.58. The number of aliphatic carboxylic acids is 1. The average Bonchev–Trinajstić information content (AvgIpc) is 2.93. The highest BCUT2D eigenvalue weighted by Gasteiger charge is 2.23. The van der Waals surface area contributed by atoms with Gasteiger partial charge in [0.05, 0.1) is 5.02 Å². The van der Waals surface area contributed by atoms with Gasteiger partial charge in [0, 0.05) is 10.6 Å². The summed E-state index contributed by atoms with van der Waals surface area (Å²) in [5.74, 6) is -1.78. The van der Waals surface area contributed by atoms with Gasteiger partial charge in [0.15, 0.2) is 6.04 Å². The number of carbonyl (C=O) groups excluding carboxylic acids is 1. The number of amides is 2. The van der Waals surface area contributed by atoms with Crippen LogP contribution in [0.2, 0.25) is 5.02 Å². The highest BCUT2D eigenvalue weighted by molar-refractivity contribution is 7.10. The number of hydrogen-bond acceptors (Lipinski definition) is 3. The summed E-state index contributed by atoms with van der Waals surface area (Å²) in [7, 11) is 0. The Hall–Kier alpha value is -2.12. The van der Waals surface area contributed by atoms with Crippen LogP contribution in [0.15, 0.2) is 35.7 Å². The summed E-state index contributed by atoms with van der Waals surface area (Å²) < 4.78 is 13.0. The van der Waals surface area contributed by atoms with E-state index in [4.69, 9.17) is 16.7 Å². The fraction of sp³-hybridized carbons (Fsp3) is 0.0769. The molecule has 1 aromatic carbocycles. The van der Waals surface area contributed by atoms with Gasteiger partial charge in [-0.2, -0.15) is 0 Å². The first-order valence-corrected chi connectivity index (χ1v) is 7.02. The molecule has 0 aliphatic heterocycles. The number of rotatable bonds is 4. The zero-order valence-electron chi connectivity index (χ0n) is 10.5. The number of nitrogens with one attached hydrogen (secondary N) is 2. The Morgan fingerprint density at radius 1 is 1.33 bits per heavy atom. The number of anilines is 1. The van der Waals surface area contributed by atoms with Crippen molar-refractivity contribution in [2.24, 2.45) is 0 Å². The Labute approximate surface area is 128 Å². The van der Waals surface area contributed by atoms with Crippen LogP contribution in [-0.4, -0.2) is 17.1 Å². The first kappa shape index (κ1) is 15.3. The lowest BCUT2D eigenvalue weighted by Crippen LogP contribution is -2.36. The van der Waals surface area contributed by atoms with Gasteiger partial charge in [-0.1, -0.05) is 17.7 Å². The lowest BCUT2D eigenvalue weighted by molar-refractivity contribution is -0.139. The summed E-state index contributed by atoms with van der Waals surface area (Å²) in [6, 6.07) is 5.08. The lowest BCUT2D eigenvalue weighted by Gasteiger charge is -2.14. The maximum atomic E-state index is 13.0. The molecule has 110 valence electrons. The summed E-state index contributed by atoms with van der Waals surface area (Å²) >= 11 is 6.81. The number of carbonyl (C=O) groups is 2. The van der Waals surface area contributed by atoms with E-state index in [0.717, 1.165) is 6.07 Å². The Kier molecular flexibility index (Phi) is 4.77. The number of urea groups is 1. The Bertz CT molecular complexity index is 663. The van der Waals surface area contributed by atoms with E-state index in [2.05, 4.69) is 10.6 Å². The van der Waals surface area contributed by atoms with Gasteiger partial charge >= 0.3 is 12.0 Å². The normalized spacial score (nSPS) is 11.7. The molecule has 1 aromatic heterocycles. The molecule has 0 spiro atoms. The van der Waals surface area contributed by atoms with Crippen LogP contribution in [0.3, 0.4) is 0 Å². The molecular weight excluding hydrogens is 319 g/mol. The molecule has 1 unspecified atom stereocenters. The van der Waals surface area contributed by atoms with E-state index in [1.165, 1.54) is 23.5 Å². The number of halogens is 2. The molecule has 1 atom stereocenters. The lowest BCUT2D eigenvalue weighted by atomic mass is 10.2. The second-order valence-corrected chi connectivity index (χ2v) is 5.40. The molecule has 1 heterocycles. The minimum Gasteiger partial charge on any atom is -0.479 e. The topological polar surface area (TPSA) is 78.4 Å². The fourth-order valence-corrected chi connectivity index (χ4v) is 2.53. The molecule has 0 saturated heterocycles. The first-order valence-electron chi connectivity index (χ1n) is 5.76. The summed E-state index contributed by atoms with van der Waals surface area (Å²) in [5.41, 5.74) is 0.259. The molecule has 2 aromatic rings. The third-order valence-electron chi connectivity index (χ3n) is 2.53. The number of thiophene rings is 1. The molecule has 0 fully saturated rings. The zero-order valence-corrected chi connectivity index (χ0v) is 12.0. The number of benzene rings is 1. The number of hydrogen-bond donors (Lipinski definition) is 3. The van der Waals surface area contributed by atoms with Crippen molar-refractivity contribution in [3.8, 4) is 0 Å². The van der Waals surface area contributed by atoms with E-state index in [9.17, 15) is 14.0 Å². The molecule has 3 N–H and O–H groups in total. The van der Waals surface area contributed by atoms with Crippen molar-refractivity contribution in [3.63, 3.8) is 0 Å². The van der Waals surface area contributed by atoms with Crippen molar-refractivity contribution < 1.29 is 19.1 Å². The van der Waals surface area contributed by atoms with Gasteiger partial charge in [-0.25, -0.2) is 14.0 Å². The average molecular weight is 329 g/mol. The van der Waals surface area contributed by atoms with Crippen molar-refractivity contribution in [2.75, 3.05) is 5.32 Å². The molecule has 0 aliphatic rings. The zero-order chi connectivity index (χ0) is 15.4. The molecule has 2 rings (SSSR count). The van der Waals surface area contributed by atoms with E-state index < -0.39 is 23.9 Å². The number of carboxylic acids is 1. The quantitative estimate of drug-likeness (QED) is 0.804. The second kappa shape index (κ2) is 6.55. The van der Waals surface area contributed by atoms with E-state index in [0.29, 0.717) is 4.88 Å². The molecule has 8 heteroatoms. The minimum atomic E-state index is -1.18. The predicted octanol–water partition coefficient (Wildman–Crippen LogP) is 3.49. The highest BCUT2D eigenvalue weighted by Crippen LogP contribution is 2.21. The second-order valence-electron chi connectivity index (χ2n) is 4.01. The van der Waals surface area contributed by atoms with Crippen molar-refractivity contribution in [3.05, 3.63) is 51.4 Å². The summed E-state index contributed by atoms with van der Waals surface area (Å²) in [6.07, 6.45) is 0. The van der Waals surface area contributed by atoms with Crippen LogP contribution in [0, 0.1) is 5.82 Å². The molecule has 5 nitrogen and oxygen atoms in total. The smallest absolute Gasteiger partial charge is 0.331 e. The molecule has 0 aliphatic carbocycles. The van der Waals surface area contributed by atoms with Crippen molar-refractivity contribution in [1.82, 2.24) is 5.32 Å². The molecule has 2 amide bonds. The van der Waals surface area contributed by atoms with E-state index in [1.54, 1.807) is 17.5 Å². The van der Waals surface area contributed by atoms with E-state index in [-0.39, 0.29) is 10.7 Å². The molecular formula is C13H10ClFN2O3S. The van der Waals surface area contributed by atoms with Crippen LogP contribution in [0.4, 0.5) is 14.9 Å². The summed E-state index contributed by atoms with van der Waals surface area (Å²) in [4.78, 5) is 23.5. The highest BCUT2D eigenvalue weighted by atomic mass is 35.5. The van der Waals surface area contributed by atoms with Gasteiger partial charge in [-0.15, -0.1) is 11.3 Å². The molecule has 0 bridgehead atoms. The molecule has 0 radical (unpaired) electrons. The minimum absolute atomic E-state index is 0.138. The van der Waals surface area contributed by atoms with Crippen molar-refractivity contribution in [1.29, 1.82) is 0 Å². The Morgan fingerprint density at radius 2 is 2.10 bits per heavy atom. The standard InChI is InChI=1S/C13H10ClFN2O3S/c14-8-6-7(3-4-9(8)15)16-13(20)17-11(12(18)19)10-2-1-5-21-10/h1-6,11H,(H,18,19)(H2,16,17,20). The van der Waals surface area contributed by atoms with Crippen LogP contribution in [0.25, 0.3) is 0 Å². The third-order valence-corrected chi connectivity index (χ3v) is 3.75. The van der Waals surface area contributed by atoms with Gasteiger partial charge < -0.3 is 15.7 Å². The van der Waals surface area contributed by atoms with Crippen molar-refractivity contribution >= 4 is 40.6 Å². The largest absolute Gasteiger partial charge is 0.479 e. The molecule has 0 saturated carbocycles. The predicted molar refractivity (Wildman–Crippen MR) is 78.3 cm³/mol. The maximum Gasteiger partial charge on any atom is 0.331 e. The van der Waals surface area contributed by atoms with Crippen LogP contribution in [-0.2, 0) is 4.79 Å². The van der Waals surface area contributed by atoms with Gasteiger partial charge in [0.1, 0.15) is 5.82 Å². The molecule has 21 heavy (non-hydrogen) atoms. The van der Waals surface area contributed by atoms with Crippen LogP contribution in [0.5, 0.6) is 0 Å². The summed E-state index contributed by atoms with van der Waals surface area (Å²) in [5, 5.41) is 15.4.